The van der Waals surface area contributed by atoms with Crippen LogP contribution in [0.1, 0.15) is 11.1 Å². The van der Waals surface area contributed by atoms with Gasteiger partial charge in [0, 0.05) is 24.5 Å². The second kappa shape index (κ2) is 6.07. The highest BCUT2D eigenvalue weighted by molar-refractivity contribution is 6.32. The average Bonchev–Trinajstić information content (AvgIpc) is 2.45. The van der Waals surface area contributed by atoms with Crippen LogP contribution in [0.3, 0.4) is 0 Å². The number of nitriles is 1. The van der Waals surface area contributed by atoms with E-state index in [0.717, 1.165) is 11.3 Å². The Labute approximate surface area is 116 Å². The van der Waals surface area contributed by atoms with Crippen molar-refractivity contribution < 1.29 is 4.74 Å². The van der Waals surface area contributed by atoms with Crippen molar-refractivity contribution in [3.05, 3.63) is 52.7 Å². The van der Waals surface area contributed by atoms with Gasteiger partial charge in [0.25, 0.3) is 0 Å². The van der Waals surface area contributed by atoms with Crippen molar-refractivity contribution in [2.45, 2.75) is 6.54 Å². The fourth-order valence-corrected chi connectivity index (χ4v) is 1.81. The van der Waals surface area contributed by atoms with E-state index in [-0.39, 0.29) is 0 Å². The lowest BCUT2D eigenvalue weighted by atomic mass is 10.2. The molecule has 4 nitrogen and oxygen atoms in total. The maximum atomic E-state index is 8.80. The molecule has 0 bridgehead atoms. The van der Waals surface area contributed by atoms with E-state index < -0.39 is 0 Å². The van der Waals surface area contributed by atoms with Gasteiger partial charge in [-0.1, -0.05) is 11.6 Å². The Morgan fingerprint density at radius 3 is 2.89 bits per heavy atom. The molecule has 1 aromatic carbocycles. The minimum atomic E-state index is 0.444. The number of pyridine rings is 1. The van der Waals surface area contributed by atoms with Gasteiger partial charge < -0.3 is 10.1 Å². The Hall–Kier alpha value is -2.25. The van der Waals surface area contributed by atoms with Crippen molar-refractivity contribution in [1.29, 1.82) is 5.26 Å². The van der Waals surface area contributed by atoms with E-state index in [1.54, 1.807) is 25.4 Å². The molecule has 96 valence electrons. The molecule has 0 unspecified atom stereocenters. The molecule has 0 atom stereocenters. The van der Waals surface area contributed by atoms with Gasteiger partial charge in [0.2, 0.25) is 5.88 Å². The molecule has 1 heterocycles. The topological polar surface area (TPSA) is 57.9 Å². The standard InChI is InChI=1S/C14H12ClN3O/c1-19-14-6-10(4-5-17-14)9-18-12-3-2-11(8-16)13(15)7-12/h2-7,18H,9H2,1H3. The molecule has 2 aromatic rings. The number of hydrogen-bond acceptors (Lipinski definition) is 4. The summed E-state index contributed by atoms with van der Waals surface area (Å²) in [5.74, 6) is 0.581. The molecule has 0 spiro atoms. The fraction of sp³-hybridized carbons (Fsp3) is 0.143. The summed E-state index contributed by atoms with van der Waals surface area (Å²) >= 11 is 5.97. The molecule has 1 N–H and O–H groups in total. The number of rotatable bonds is 4. The Bertz CT molecular complexity index is 622. The van der Waals surface area contributed by atoms with E-state index in [9.17, 15) is 0 Å². The van der Waals surface area contributed by atoms with Crippen LogP contribution in [0.15, 0.2) is 36.5 Å². The predicted octanol–water partition coefficient (Wildman–Crippen LogP) is 3.23. The third-order valence-corrected chi connectivity index (χ3v) is 2.91. The summed E-state index contributed by atoms with van der Waals surface area (Å²) in [6.07, 6.45) is 1.70. The third-order valence-electron chi connectivity index (χ3n) is 2.59. The van der Waals surface area contributed by atoms with Crippen molar-refractivity contribution >= 4 is 17.3 Å². The van der Waals surface area contributed by atoms with Gasteiger partial charge in [0.1, 0.15) is 6.07 Å². The molecule has 0 aliphatic carbocycles. The average molecular weight is 274 g/mol. The van der Waals surface area contributed by atoms with Gasteiger partial charge in [-0.05, 0) is 29.8 Å². The molecule has 0 saturated carbocycles. The molecular formula is C14H12ClN3O. The van der Waals surface area contributed by atoms with Crippen LogP contribution >= 0.6 is 11.6 Å². The normalized spacial score (nSPS) is 9.74. The van der Waals surface area contributed by atoms with Crippen molar-refractivity contribution in [3.8, 4) is 11.9 Å². The number of anilines is 1. The number of methoxy groups -OCH3 is 1. The Kier molecular flexibility index (Phi) is 4.22. The minimum Gasteiger partial charge on any atom is -0.481 e. The van der Waals surface area contributed by atoms with E-state index in [1.807, 2.05) is 24.3 Å². The van der Waals surface area contributed by atoms with Crippen molar-refractivity contribution in [3.63, 3.8) is 0 Å². The van der Waals surface area contributed by atoms with E-state index in [1.165, 1.54) is 0 Å². The van der Waals surface area contributed by atoms with Crippen LogP contribution in [-0.2, 0) is 6.54 Å². The molecule has 5 heteroatoms. The molecule has 2 rings (SSSR count). The lowest BCUT2D eigenvalue weighted by molar-refractivity contribution is 0.397. The van der Waals surface area contributed by atoms with E-state index in [4.69, 9.17) is 21.6 Å². The van der Waals surface area contributed by atoms with Crippen molar-refractivity contribution in [2.24, 2.45) is 0 Å². The SMILES string of the molecule is COc1cc(CNc2ccc(C#N)c(Cl)c2)ccn1. The molecule has 1 aromatic heterocycles. The van der Waals surface area contributed by atoms with Gasteiger partial charge in [-0.3, -0.25) is 0 Å². The molecule has 0 aliphatic rings. The van der Waals surface area contributed by atoms with E-state index in [0.29, 0.717) is 23.0 Å². The zero-order chi connectivity index (χ0) is 13.7. The summed E-state index contributed by atoms with van der Waals surface area (Å²) in [6.45, 7) is 0.626. The summed E-state index contributed by atoms with van der Waals surface area (Å²) in [5.41, 5.74) is 2.38. The number of nitrogens with one attached hydrogen (secondary N) is 1. The molecule has 19 heavy (non-hydrogen) atoms. The maximum absolute atomic E-state index is 8.80. The number of hydrogen-bond donors (Lipinski definition) is 1. The number of aromatic nitrogens is 1. The van der Waals surface area contributed by atoms with Gasteiger partial charge in [-0.15, -0.1) is 0 Å². The van der Waals surface area contributed by atoms with E-state index in [2.05, 4.69) is 10.3 Å². The second-order valence-corrected chi connectivity index (χ2v) is 4.27. The van der Waals surface area contributed by atoms with Crippen LogP contribution in [0, 0.1) is 11.3 Å². The lowest BCUT2D eigenvalue weighted by Gasteiger charge is -2.08. The first kappa shape index (κ1) is 13.2. The highest BCUT2D eigenvalue weighted by Gasteiger charge is 2.01. The lowest BCUT2D eigenvalue weighted by Crippen LogP contribution is -2.00. The number of halogens is 1. The third kappa shape index (κ3) is 3.36. The molecule has 0 aliphatic heterocycles. The van der Waals surface area contributed by atoms with Crippen LogP contribution in [0.5, 0.6) is 5.88 Å². The first-order valence-corrected chi connectivity index (χ1v) is 6.03. The monoisotopic (exact) mass is 273 g/mol. The quantitative estimate of drug-likeness (QED) is 0.929. The van der Waals surface area contributed by atoms with Crippen LogP contribution in [-0.4, -0.2) is 12.1 Å². The van der Waals surface area contributed by atoms with Gasteiger partial charge in [-0.2, -0.15) is 5.26 Å². The smallest absolute Gasteiger partial charge is 0.213 e. The van der Waals surface area contributed by atoms with Gasteiger partial charge >= 0.3 is 0 Å². The number of nitrogens with zero attached hydrogens (tertiary/aromatic N) is 2. The molecule has 0 radical (unpaired) electrons. The zero-order valence-electron chi connectivity index (χ0n) is 10.4. The first-order valence-electron chi connectivity index (χ1n) is 5.65. The summed E-state index contributed by atoms with van der Waals surface area (Å²) in [4.78, 5) is 4.04. The second-order valence-electron chi connectivity index (χ2n) is 3.87. The summed E-state index contributed by atoms with van der Waals surface area (Å²) in [7, 11) is 1.58. The van der Waals surface area contributed by atoms with Crippen molar-refractivity contribution in [1.82, 2.24) is 4.98 Å². The first-order chi connectivity index (χ1) is 9.22. The zero-order valence-corrected chi connectivity index (χ0v) is 11.1. The highest BCUT2D eigenvalue weighted by atomic mass is 35.5. The van der Waals surface area contributed by atoms with Gasteiger partial charge in [-0.25, -0.2) is 4.98 Å². The van der Waals surface area contributed by atoms with Crippen LogP contribution in [0.4, 0.5) is 5.69 Å². The van der Waals surface area contributed by atoms with Crippen molar-refractivity contribution in [2.75, 3.05) is 12.4 Å². The fourth-order valence-electron chi connectivity index (χ4n) is 1.59. The van der Waals surface area contributed by atoms with E-state index >= 15 is 0 Å². The summed E-state index contributed by atoms with van der Waals surface area (Å²) in [6, 6.07) is 11.0. The summed E-state index contributed by atoms with van der Waals surface area (Å²) in [5, 5.41) is 12.5. The predicted molar refractivity (Wildman–Crippen MR) is 74.3 cm³/mol. The largest absolute Gasteiger partial charge is 0.481 e. The number of benzene rings is 1. The maximum Gasteiger partial charge on any atom is 0.213 e. The molecular weight excluding hydrogens is 262 g/mol. The minimum absolute atomic E-state index is 0.444. The number of ether oxygens (including phenoxy) is 1. The Morgan fingerprint density at radius 1 is 1.37 bits per heavy atom. The van der Waals surface area contributed by atoms with Crippen LogP contribution in [0.2, 0.25) is 5.02 Å². The van der Waals surface area contributed by atoms with Crippen LogP contribution in [0.25, 0.3) is 0 Å². The summed E-state index contributed by atoms with van der Waals surface area (Å²) < 4.78 is 5.06. The van der Waals surface area contributed by atoms with Gasteiger partial charge in [0.15, 0.2) is 0 Å². The highest BCUT2D eigenvalue weighted by Crippen LogP contribution is 2.21. The van der Waals surface area contributed by atoms with Crippen LogP contribution < -0.4 is 10.1 Å². The molecule has 0 fully saturated rings. The van der Waals surface area contributed by atoms with Gasteiger partial charge in [0.05, 0.1) is 17.7 Å². The molecule has 0 saturated heterocycles. The Morgan fingerprint density at radius 2 is 2.21 bits per heavy atom. The Balaban J connectivity index is 2.06. The molecule has 0 amide bonds.